The number of nitrogens with one attached hydrogen (secondary N) is 1. The molecule has 0 aliphatic heterocycles. The number of hydrogen-bond acceptors (Lipinski definition) is 1. The van der Waals surface area contributed by atoms with Crippen LogP contribution in [0.2, 0.25) is 5.02 Å². The van der Waals surface area contributed by atoms with Crippen LogP contribution >= 0.6 is 11.6 Å². The van der Waals surface area contributed by atoms with Crippen molar-refractivity contribution in [1.82, 2.24) is 0 Å². The van der Waals surface area contributed by atoms with Crippen LogP contribution in [0.4, 0.5) is 14.5 Å². The van der Waals surface area contributed by atoms with Gasteiger partial charge >= 0.3 is 0 Å². The third-order valence-electron chi connectivity index (χ3n) is 1.39. The van der Waals surface area contributed by atoms with E-state index in [2.05, 4.69) is 5.32 Å². The van der Waals surface area contributed by atoms with E-state index in [4.69, 9.17) is 35.1 Å². The van der Waals surface area contributed by atoms with E-state index in [0.717, 1.165) is 12.1 Å². The summed E-state index contributed by atoms with van der Waals surface area (Å²) < 4.78 is 25.9. The fourth-order valence-corrected chi connectivity index (χ4v) is 1.02. The van der Waals surface area contributed by atoms with Gasteiger partial charge in [0.25, 0.3) is 0 Å². The molecule has 14 heavy (non-hydrogen) atoms. The van der Waals surface area contributed by atoms with Gasteiger partial charge in [-0.25, -0.2) is 8.78 Å². The van der Waals surface area contributed by atoms with Crippen LogP contribution in [0.3, 0.4) is 0 Å². The first-order valence-corrected chi connectivity index (χ1v) is 3.97. The van der Waals surface area contributed by atoms with E-state index in [1.165, 1.54) is 0 Å². The summed E-state index contributed by atoms with van der Waals surface area (Å²) in [5.74, 6) is -1.86. The second kappa shape index (κ2) is 3.85. The Hall–Kier alpha value is -0.635. The van der Waals surface area contributed by atoms with Crippen molar-refractivity contribution in [2.75, 3.05) is 5.32 Å². The molecule has 0 aliphatic carbocycles. The Morgan fingerprint density at radius 2 is 1.79 bits per heavy atom. The standard InChI is InChI=1S/C7H3B3ClF2N/c8-7(9,10)14-4-2-1-3(12)5(11)6(4)13/h1-2,14H. The second-order valence-electron chi connectivity index (χ2n) is 2.78. The van der Waals surface area contributed by atoms with Crippen LogP contribution in [0.25, 0.3) is 0 Å². The summed E-state index contributed by atoms with van der Waals surface area (Å²) in [4.78, 5) is 0. The van der Waals surface area contributed by atoms with E-state index in [1.807, 2.05) is 0 Å². The van der Waals surface area contributed by atoms with Gasteiger partial charge in [0.15, 0.2) is 5.82 Å². The maximum atomic E-state index is 13.2. The lowest BCUT2D eigenvalue weighted by molar-refractivity contribution is 0.586. The molecule has 1 aromatic rings. The van der Waals surface area contributed by atoms with Crippen molar-refractivity contribution in [1.29, 1.82) is 0 Å². The highest BCUT2D eigenvalue weighted by atomic mass is 35.5. The normalized spacial score (nSPS) is 11.4. The largest absolute Gasteiger partial charge is 0.402 e. The van der Waals surface area contributed by atoms with Crippen molar-refractivity contribution in [2.45, 2.75) is 5.24 Å². The van der Waals surface area contributed by atoms with Gasteiger partial charge in [-0.3, -0.25) is 0 Å². The Morgan fingerprint density at radius 3 is 2.29 bits per heavy atom. The fourth-order valence-electron chi connectivity index (χ4n) is 0.856. The highest BCUT2D eigenvalue weighted by molar-refractivity contribution is 6.60. The molecule has 6 radical (unpaired) electrons. The van der Waals surface area contributed by atoms with Gasteiger partial charge in [0.1, 0.15) is 10.8 Å². The summed E-state index contributed by atoms with van der Waals surface area (Å²) in [5.41, 5.74) is -0.163. The molecule has 0 fully saturated rings. The predicted octanol–water partition coefficient (Wildman–Crippen LogP) is 1.15. The molecule has 0 heterocycles. The number of benzene rings is 1. The zero-order valence-corrected chi connectivity index (χ0v) is 7.78. The third-order valence-corrected chi connectivity index (χ3v) is 1.73. The molecule has 1 nitrogen and oxygen atoms in total. The number of hydrogen-bond donors (Lipinski definition) is 1. The minimum absolute atomic E-state index is 0.163. The first-order chi connectivity index (χ1) is 6.31. The summed E-state index contributed by atoms with van der Waals surface area (Å²) in [5, 5.41) is -0.205. The highest BCUT2D eigenvalue weighted by Gasteiger charge is 2.15. The zero-order chi connectivity index (χ0) is 10.9. The molecular weight excluding hydrogens is 204 g/mol. The molecule has 0 saturated heterocycles. The molecule has 0 aliphatic rings. The van der Waals surface area contributed by atoms with Crippen molar-refractivity contribution >= 4 is 40.8 Å². The topological polar surface area (TPSA) is 12.0 Å². The van der Waals surface area contributed by atoms with Crippen LogP contribution in [0.5, 0.6) is 0 Å². The Bertz CT molecular complexity index is 354. The van der Waals surface area contributed by atoms with Crippen molar-refractivity contribution in [3.63, 3.8) is 0 Å². The molecule has 0 spiro atoms. The van der Waals surface area contributed by atoms with E-state index < -0.39 is 21.9 Å². The van der Waals surface area contributed by atoms with Gasteiger partial charge in [-0.1, -0.05) is 16.8 Å². The predicted molar refractivity (Wildman–Crippen MR) is 55.0 cm³/mol. The lowest BCUT2D eigenvalue weighted by Crippen LogP contribution is -2.40. The molecule has 0 atom stereocenters. The Labute approximate surface area is 89.4 Å². The summed E-state index contributed by atoms with van der Waals surface area (Å²) in [6.07, 6.45) is 0. The quantitative estimate of drug-likeness (QED) is 0.566. The van der Waals surface area contributed by atoms with E-state index in [1.54, 1.807) is 0 Å². The average Bonchev–Trinajstić information content (AvgIpc) is 2.04. The number of anilines is 1. The zero-order valence-electron chi connectivity index (χ0n) is 7.02. The fraction of sp³-hybridized carbons (Fsp3) is 0.143. The molecule has 0 amide bonds. The van der Waals surface area contributed by atoms with Gasteiger partial charge in [-0.2, -0.15) is 0 Å². The lowest BCUT2D eigenvalue weighted by atomic mass is 9.49. The molecule has 7 heteroatoms. The van der Waals surface area contributed by atoms with Crippen molar-refractivity contribution < 1.29 is 8.78 Å². The molecule has 0 saturated carbocycles. The van der Waals surface area contributed by atoms with Crippen LogP contribution in [-0.4, -0.2) is 28.8 Å². The monoisotopic (exact) mass is 207 g/mol. The van der Waals surface area contributed by atoms with Crippen LogP contribution in [0, 0.1) is 11.6 Å². The summed E-state index contributed by atoms with van der Waals surface area (Å²) in [6, 6.07) is 2.07. The van der Waals surface area contributed by atoms with E-state index >= 15 is 0 Å². The molecule has 66 valence electrons. The summed E-state index contributed by atoms with van der Waals surface area (Å²) in [6.45, 7) is 0. The first-order valence-electron chi connectivity index (χ1n) is 3.59. The van der Waals surface area contributed by atoms with Crippen molar-refractivity contribution in [3.05, 3.63) is 28.8 Å². The molecule has 1 N–H and O–H groups in total. The molecule has 0 bridgehead atoms. The Kier molecular flexibility index (Phi) is 3.15. The SMILES string of the molecule is [B]C([B])([B])Nc1ccc(F)c(Cl)c1F. The van der Waals surface area contributed by atoms with Crippen LogP contribution in [0.1, 0.15) is 0 Å². The average molecular weight is 207 g/mol. The first kappa shape index (κ1) is 11.4. The molecule has 1 rings (SSSR count). The van der Waals surface area contributed by atoms with Gasteiger partial charge in [-0.05, 0) is 12.1 Å². The molecular formula is C7H3B3ClF2N. The molecule has 0 unspecified atom stereocenters. The minimum Gasteiger partial charge on any atom is -0.402 e. The summed E-state index contributed by atoms with van der Waals surface area (Å²) >= 11 is 5.30. The second-order valence-corrected chi connectivity index (χ2v) is 3.16. The molecule has 0 aromatic heterocycles. The lowest BCUT2D eigenvalue weighted by Gasteiger charge is -2.24. The van der Waals surface area contributed by atoms with E-state index in [0.29, 0.717) is 0 Å². The maximum Gasteiger partial charge on any atom is 0.167 e. The third kappa shape index (κ3) is 2.67. The van der Waals surface area contributed by atoms with Crippen molar-refractivity contribution in [2.24, 2.45) is 0 Å². The van der Waals surface area contributed by atoms with Crippen LogP contribution in [-0.2, 0) is 0 Å². The highest BCUT2D eigenvalue weighted by Crippen LogP contribution is 2.26. The molecule has 1 aromatic carbocycles. The minimum atomic E-state index is -1.79. The maximum absolute atomic E-state index is 13.2. The Balaban J connectivity index is 3.06. The van der Waals surface area contributed by atoms with Gasteiger partial charge in [0.2, 0.25) is 0 Å². The van der Waals surface area contributed by atoms with Gasteiger partial charge in [0.05, 0.1) is 29.2 Å². The van der Waals surface area contributed by atoms with Crippen LogP contribution in [0.15, 0.2) is 12.1 Å². The van der Waals surface area contributed by atoms with Gasteiger partial charge in [-0.15, -0.1) is 0 Å². The number of halogens is 3. The Morgan fingerprint density at radius 1 is 1.21 bits per heavy atom. The van der Waals surface area contributed by atoms with E-state index in [-0.39, 0.29) is 5.69 Å². The van der Waals surface area contributed by atoms with Crippen molar-refractivity contribution in [3.8, 4) is 0 Å². The van der Waals surface area contributed by atoms with Gasteiger partial charge < -0.3 is 5.32 Å². The number of rotatable bonds is 2. The summed E-state index contributed by atoms with van der Waals surface area (Å²) in [7, 11) is 15.5. The van der Waals surface area contributed by atoms with Crippen LogP contribution < -0.4 is 5.32 Å². The smallest absolute Gasteiger partial charge is 0.167 e. The van der Waals surface area contributed by atoms with Gasteiger partial charge in [0, 0.05) is 0 Å². The van der Waals surface area contributed by atoms with E-state index in [9.17, 15) is 8.78 Å².